The molecule has 0 aliphatic carbocycles. The van der Waals surface area contributed by atoms with E-state index in [1.165, 1.54) is 13.0 Å². The molecule has 1 fully saturated rings. The summed E-state index contributed by atoms with van der Waals surface area (Å²) in [6.45, 7) is 8.46. The van der Waals surface area contributed by atoms with Gasteiger partial charge in [0.15, 0.2) is 10.7 Å². The number of hydrogen-bond acceptors (Lipinski definition) is 6. The molecule has 2 heterocycles. The Morgan fingerprint density at radius 2 is 1.69 bits per heavy atom. The SMILES string of the molecule is Cc1noc(C)c1S(=O)(=O)N(CC(=O)N1CCN(c2ccccc2F)CC1)c1ccc(C(C)C)cc1. The number of aryl methyl sites for hydroxylation is 2. The van der Waals surface area contributed by atoms with E-state index >= 15 is 0 Å². The fourth-order valence-corrected chi connectivity index (χ4v) is 6.13. The van der Waals surface area contributed by atoms with Crippen molar-refractivity contribution < 1.29 is 22.1 Å². The Morgan fingerprint density at radius 1 is 1.06 bits per heavy atom. The van der Waals surface area contributed by atoms with Crippen molar-refractivity contribution in [2.24, 2.45) is 0 Å². The maximum Gasteiger partial charge on any atom is 0.270 e. The van der Waals surface area contributed by atoms with Crippen molar-refractivity contribution in [2.75, 3.05) is 41.9 Å². The summed E-state index contributed by atoms with van der Waals surface area (Å²) in [6, 6.07) is 13.7. The highest BCUT2D eigenvalue weighted by Gasteiger charge is 2.34. The number of anilines is 2. The van der Waals surface area contributed by atoms with E-state index in [9.17, 15) is 17.6 Å². The third-order valence-electron chi connectivity index (χ3n) is 6.47. The molecule has 1 saturated heterocycles. The van der Waals surface area contributed by atoms with Crippen LogP contribution >= 0.6 is 0 Å². The second kappa shape index (κ2) is 10.3. The molecule has 0 bridgehead atoms. The first-order valence-corrected chi connectivity index (χ1v) is 13.4. The number of rotatable bonds is 7. The predicted molar refractivity (Wildman–Crippen MR) is 136 cm³/mol. The number of para-hydroxylation sites is 1. The molecule has 0 saturated carbocycles. The molecule has 0 N–H and O–H groups in total. The van der Waals surface area contributed by atoms with E-state index in [-0.39, 0.29) is 40.5 Å². The second-order valence-corrected chi connectivity index (χ2v) is 11.0. The van der Waals surface area contributed by atoms with Crippen molar-refractivity contribution in [1.29, 1.82) is 0 Å². The Morgan fingerprint density at radius 3 is 2.25 bits per heavy atom. The molecule has 3 aromatic rings. The lowest BCUT2D eigenvalue weighted by atomic mass is 10.0. The first kappa shape index (κ1) is 25.7. The molecular weight excluding hydrogens is 483 g/mol. The third kappa shape index (κ3) is 5.09. The van der Waals surface area contributed by atoms with E-state index in [1.54, 1.807) is 42.2 Å². The van der Waals surface area contributed by atoms with Crippen molar-refractivity contribution in [3.8, 4) is 0 Å². The maximum absolute atomic E-state index is 14.2. The quantitative estimate of drug-likeness (QED) is 0.472. The van der Waals surface area contributed by atoms with Crippen LogP contribution in [0, 0.1) is 19.7 Å². The number of halogens is 1. The monoisotopic (exact) mass is 514 g/mol. The van der Waals surface area contributed by atoms with Crippen LogP contribution in [0.15, 0.2) is 57.9 Å². The molecule has 1 aromatic heterocycles. The van der Waals surface area contributed by atoms with E-state index in [4.69, 9.17) is 4.52 Å². The van der Waals surface area contributed by atoms with Crippen molar-refractivity contribution in [2.45, 2.75) is 38.5 Å². The highest BCUT2D eigenvalue weighted by Crippen LogP contribution is 2.29. The Balaban J connectivity index is 1.58. The number of benzene rings is 2. The van der Waals surface area contributed by atoms with Crippen LogP contribution in [0.2, 0.25) is 0 Å². The van der Waals surface area contributed by atoms with E-state index in [0.29, 0.717) is 37.6 Å². The van der Waals surface area contributed by atoms with Gasteiger partial charge in [0.1, 0.15) is 18.1 Å². The molecule has 0 radical (unpaired) electrons. The van der Waals surface area contributed by atoms with Crippen molar-refractivity contribution in [3.63, 3.8) is 0 Å². The summed E-state index contributed by atoms with van der Waals surface area (Å²) in [6.07, 6.45) is 0. The van der Waals surface area contributed by atoms with Gasteiger partial charge in [-0.3, -0.25) is 9.10 Å². The average Bonchev–Trinajstić information content (AvgIpc) is 3.21. The van der Waals surface area contributed by atoms with E-state index in [0.717, 1.165) is 9.87 Å². The van der Waals surface area contributed by atoms with Crippen LogP contribution in [-0.2, 0) is 14.8 Å². The largest absolute Gasteiger partial charge is 0.366 e. The molecule has 0 spiro atoms. The Hall–Kier alpha value is -3.40. The van der Waals surface area contributed by atoms with Gasteiger partial charge in [-0.1, -0.05) is 43.3 Å². The van der Waals surface area contributed by atoms with E-state index < -0.39 is 10.0 Å². The summed E-state index contributed by atoms with van der Waals surface area (Å²) in [4.78, 5) is 16.8. The molecule has 1 aliphatic rings. The highest BCUT2D eigenvalue weighted by atomic mass is 32.2. The van der Waals surface area contributed by atoms with Gasteiger partial charge in [-0.25, -0.2) is 12.8 Å². The van der Waals surface area contributed by atoms with E-state index in [1.807, 2.05) is 17.0 Å². The van der Waals surface area contributed by atoms with Gasteiger partial charge < -0.3 is 14.3 Å². The zero-order chi connectivity index (χ0) is 26.0. The summed E-state index contributed by atoms with van der Waals surface area (Å²) >= 11 is 0. The molecule has 36 heavy (non-hydrogen) atoms. The minimum absolute atomic E-state index is 0.0346. The fraction of sp³-hybridized carbons (Fsp3) is 0.385. The first-order chi connectivity index (χ1) is 17.1. The molecule has 2 aromatic carbocycles. The number of amides is 1. The zero-order valence-electron chi connectivity index (χ0n) is 20.9. The van der Waals surface area contributed by atoms with Gasteiger partial charge in [0.2, 0.25) is 5.91 Å². The number of aromatic nitrogens is 1. The Kier molecular flexibility index (Phi) is 7.35. The van der Waals surface area contributed by atoms with Crippen molar-refractivity contribution in [1.82, 2.24) is 10.1 Å². The van der Waals surface area contributed by atoms with Crippen molar-refractivity contribution >= 4 is 27.3 Å². The first-order valence-electron chi connectivity index (χ1n) is 11.9. The molecule has 4 rings (SSSR count). The highest BCUT2D eigenvalue weighted by molar-refractivity contribution is 7.93. The third-order valence-corrected chi connectivity index (χ3v) is 8.49. The van der Waals surface area contributed by atoms with Gasteiger partial charge in [-0.15, -0.1) is 0 Å². The number of carbonyl (C=O) groups excluding carboxylic acids is 1. The predicted octanol–water partition coefficient (Wildman–Crippen LogP) is 4.10. The minimum atomic E-state index is -4.13. The van der Waals surface area contributed by atoms with Gasteiger partial charge >= 0.3 is 0 Å². The average molecular weight is 515 g/mol. The van der Waals surface area contributed by atoms with Gasteiger partial charge in [0.25, 0.3) is 10.0 Å². The number of nitrogens with zero attached hydrogens (tertiary/aromatic N) is 4. The Bertz CT molecular complexity index is 1310. The lowest BCUT2D eigenvalue weighted by Crippen LogP contribution is -2.52. The van der Waals surface area contributed by atoms with Crippen LogP contribution in [0.1, 0.15) is 36.8 Å². The van der Waals surface area contributed by atoms with Crippen LogP contribution < -0.4 is 9.21 Å². The molecule has 1 amide bonds. The number of carbonyl (C=O) groups is 1. The lowest BCUT2D eigenvalue weighted by Gasteiger charge is -2.37. The van der Waals surface area contributed by atoms with Gasteiger partial charge in [0.05, 0.1) is 11.4 Å². The van der Waals surface area contributed by atoms with Crippen LogP contribution in [-0.4, -0.2) is 57.1 Å². The standard InChI is InChI=1S/C26H31FN4O4S/c1-18(2)21-9-11-22(12-10-21)31(36(33,34)26-19(3)28-35-20(26)4)17-25(32)30-15-13-29(14-16-30)24-8-6-5-7-23(24)27/h5-12,18H,13-17H2,1-4H3. The Labute approximate surface area is 211 Å². The summed E-state index contributed by atoms with van der Waals surface area (Å²) in [7, 11) is -4.13. The fourth-order valence-electron chi connectivity index (χ4n) is 4.42. The minimum Gasteiger partial charge on any atom is -0.366 e. The molecule has 10 heteroatoms. The van der Waals surface area contributed by atoms with Gasteiger partial charge in [-0.05, 0) is 49.6 Å². The summed E-state index contributed by atoms with van der Waals surface area (Å²) in [5, 5.41) is 3.80. The molecule has 0 atom stereocenters. The maximum atomic E-state index is 14.2. The van der Waals surface area contributed by atoms with Gasteiger partial charge in [-0.2, -0.15) is 0 Å². The zero-order valence-corrected chi connectivity index (χ0v) is 21.8. The molecule has 192 valence electrons. The van der Waals surface area contributed by atoms with Crippen LogP contribution in [0.4, 0.5) is 15.8 Å². The number of piperazine rings is 1. The van der Waals surface area contributed by atoms with Gasteiger partial charge in [0, 0.05) is 26.2 Å². The molecule has 1 aliphatic heterocycles. The van der Waals surface area contributed by atoms with Crippen LogP contribution in [0.25, 0.3) is 0 Å². The number of sulfonamides is 1. The van der Waals surface area contributed by atoms with Crippen LogP contribution in [0.5, 0.6) is 0 Å². The molecular formula is C26H31FN4O4S. The lowest BCUT2D eigenvalue weighted by molar-refractivity contribution is -0.129. The van der Waals surface area contributed by atoms with Crippen LogP contribution in [0.3, 0.4) is 0 Å². The molecule has 0 unspecified atom stereocenters. The smallest absolute Gasteiger partial charge is 0.270 e. The summed E-state index contributed by atoms with van der Waals surface area (Å²) in [5.74, 6) is -0.188. The summed E-state index contributed by atoms with van der Waals surface area (Å²) in [5.41, 5.74) is 2.18. The van der Waals surface area contributed by atoms with Crippen molar-refractivity contribution in [3.05, 3.63) is 71.4 Å². The summed E-state index contributed by atoms with van der Waals surface area (Å²) < 4.78 is 47.9. The second-order valence-electron chi connectivity index (χ2n) is 9.23. The topological polar surface area (TPSA) is 87.0 Å². The van der Waals surface area contributed by atoms with E-state index in [2.05, 4.69) is 19.0 Å². The normalized spacial score (nSPS) is 14.4. The number of hydrogen-bond donors (Lipinski definition) is 0. The molecule has 8 nitrogen and oxygen atoms in total.